The molecule has 0 heterocycles. The van der Waals surface area contributed by atoms with Crippen LogP contribution in [0.25, 0.3) is 0 Å². The molecular formula is C11H15NS. The minimum absolute atomic E-state index is 0.555. The van der Waals surface area contributed by atoms with Crippen LogP contribution < -0.4 is 5.32 Å². The van der Waals surface area contributed by atoms with Crippen molar-refractivity contribution in [3.05, 3.63) is 29.3 Å². The van der Waals surface area contributed by atoms with E-state index in [1.807, 2.05) is 7.05 Å². The van der Waals surface area contributed by atoms with Crippen molar-refractivity contribution in [3.63, 3.8) is 0 Å². The van der Waals surface area contributed by atoms with Crippen LogP contribution in [0.5, 0.6) is 0 Å². The van der Waals surface area contributed by atoms with Gasteiger partial charge in [-0.3, -0.25) is 0 Å². The van der Waals surface area contributed by atoms with Crippen LogP contribution in [0.1, 0.15) is 17.5 Å². The monoisotopic (exact) mass is 193 g/mol. The standard InChI is InChI=1S/C11H15NS/c1-12-10-4-2-8-3-5-11(13)7-9(8)6-10/h2,4,6,11-13H,3,5,7H2,1H3. The van der Waals surface area contributed by atoms with E-state index in [2.05, 4.69) is 36.1 Å². The first kappa shape index (κ1) is 8.95. The van der Waals surface area contributed by atoms with Gasteiger partial charge in [0.1, 0.15) is 0 Å². The molecule has 1 aromatic carbocycles. The maximum Gasteiger partial charge on any atom is 0.0340 e. The molecule has 0 saturated heterocycles. The van der Waals surface area contributed by atoms with Crippen molar-refractivity contribution in [3.8, 4) is 0 Å². The summed E-state index contributed by atoms with van der Waals surface area (Å²) in [5.41, 5.74) is 4.18. The molecule has 1 atom stereocenters. The highest BCUT2D eigenvalue weighted by Gasteiger charge is 2.15. The molecule has 1 nitrogen and oxygen atoms in total. The minimum atomic E-state index is 0.555. The molecule has 2 heteroatoms. The molecule has 0 saturated carbocycles. The Balaban J connectivity index is 2.32. The van der Waals surface area contributed by atoms with Gasteiger partial charge in [0, 0.05) is 18.0 Å². The number of fused-ring (bicyclic) bond motifs is 1. The molecule has 1 aliphatic carbocycles. The number of nitrogens with one attached hydrogen (secondary N) is 1. The highest BCUT2D eigenvalue weighted by Crippen LogP contribution is 2.26. The van der Waals surface area contributed by atoms with Crippen LogP contribution in [0.3, 0.4) is 0 Å². The molecule has 1 aromatic rings. The Bertz CT molecular complexity index is 309. The van der Waals surface area contributed by atoms with Crippen LogP contribution in [-0.4, -0.2) is 12.3 Å². The molecular weight excluding hydrogens is 178 g/mol. The normalized spacial score (nSPS) is 20.9. The van der Waals surface area contributed by atoms with Crippen molar-refractivity contribution in [1.29, 1.82) is 0 Å². The summed E-state index contributed by atoms with van der Waals surface area (Å²) in [6.45, 7) is 0. The molecule has 1 N–H and O–H groups in total. The minimum Gasteiger partial charge on any atom is -0.388 e. The number of thiol groups is 1. The number of anilines is 1. The zero-order valence-electron chi connectivity index (χ0n) is 7.88. The molecule has 2 rings (SSSR count). The van der Waals surface area contributed by atoms with E-state index in [0.717, 1.165) is 6.42 Å². The lowest BCUT2D eigenvalue weighted by molar-refractivity contribution is 0.707. The summed E-state index contributed by atoms with van der Waals surface area (Å²) < 4.78 is 0. The Morgan fingerprint density at radius 3 is 3.00 bits per heavy atom. The fourth-order valence-electron chi connectivity index (χ4n) is 1.89. The molecule has 0 radical (unpaired) electrons. The fourth-order valence-corrected chi connectivity index (χ4v) is 2.22. The number of hydrogen-bond donors (Lipinski definition) is 2. The van der Waals surface area contributed by atoms with E-state index in [0.29, 0.717) is 5.25 Å². The predicted molar refractivity (Wildman–Crippen MR) is 60.8 cm³/mol. The van der Waals surface area contributed by atoms with E-state index in [1.165, 1.54) is 29.7 Å². The smallest absolute Gasteiger partial charge is 0.0340 e. The average molecular weight is 193 g/mol. The molecule has 0 aliphatic heterocycles. The Morgan fingerprint density at radius 2 is 2.23 bits per heavy atom. The Labute approximate surface area is 85.0 Å². The van der Waals surface area contributed by atoms with Crippen LogP contribution in [-0.2, 0) is 12.8 Å². The van der Waals surface area contributed by atoms with Gasteiger partial charge < -0.3 is 5.32 Å². The fraction of sp³-hybridized carbons (Fsp3) is 0.455. The van der Waals surface area contributed by atoms with Gasteiger partial charge in [-0.1, -0.05) is 6.07 Å². The molecule has 0 bridgehead atoms. The quantitative estimate of drug-likeness (QED) is 0.653. The number of aryl methyl sites for hydroxylation is 1. The number of hydrogen-bond acceptors (Lipinski definition) is 2. The lowest BCUT2D eigenvalue weighted by Crippen LogP contribution is -2.14. The Morgan fingerprint density at radius 1 is 1.38 bits per heavy atom. The van der Waals surface area contributed by atoms with Gasteiger partial charge in [-0.2, -0.15) is 12.6 Å². The lowest BCUT2D eigenvalue weighted by atomic mass is 9.91. The van der Waals surface area contributed by atoms with Gasteiger partial charge in [-0.15, -0.1) is 0 Å². The van der Waals surface area contributed by atoms with Gasteiger partial charge in [-0.05, 0) is 42.5 Å². The summed E-state index contributed by atoms with van der Waals surface area (Å²) in [5, 5.41) is 3.72. The second-order valence-electron chi connectivity index (χ2n) is 3.63. The summed E-state index contributed by atoms with van der Waals surface area (Å²) in [6, 6.07) is 6.64. The maximum atomic E-state index is 4.53. The zero-order valence-corrected chi connectivity index (χ0v) is 8.77. The molecule has 13 heavy (non-hydrogen) atoms. The third-order valence-corrected chi connectivity index (χ3v) is 3.14. The van der Waals surface area contributed by atoms with E-state index >= 15 is 0 Å². The van der Waals surface area contributed by atoms with Crippen LogP contribution in [0.15, 0.2) is 18.2 Å². The number of rotatable bonds is 1. The second kappa shape index (κ2) is 3.62. The van der Waals surface area contributed by atoms with Gasteiger partial charge in [0.05, 0.1) is 0 Å². The van der Waals surface area contributed by atoms with Crippen molar-refractivity contribution < 1.29 is 0 Å². The van der Waals surface area contributed by atoms with Gasteiger partial charge in [0.15, 0.2) is 0 Å². The SMILES string of the molecule is CNc1ccc2c(c1)CC(S)CC2. The third kappa shape index (κ3) is 1.83. The van der Waals surface area contributed by atoms with Crippen LogP contribution in [0, 0.1) is 0 Å². The predicted octanol–water partition coefficient (Wildman–Crippen LogP) is 2.52. The van der Waals surface area contributed by atoms with Crippen LogP contribution in [0.2, 0.25) is 0 Å². The van der Waals surface area contributed by atoms with Crippen LogP contribution >= 0.6 is 12.6 Å². The van der Waals surface area contributed by atoms with Crippen molar-refractivity contribution >= 4 is 18.3 Å². The highest BCUT2D eigenvalue weighted by atomic mass is 32.1. The first-order valence-electron chi connectivity index (χ1n) is 4.77. The van der Waals surface area contributed by atoms with E-state index in [4.69, 9.17) is 0 Å². The summed E-state index contributed by atoms with van der Waals surface area (Å²) in [6.07, 6.45) is 3.52. The highest BCUT2D eigenvalue weighted by molar-refractivity contribution is 7.80. The molecule has 0 spiro atoms. The summed E-state index contributed by atoms with van der Waals surface area (Å²) in [4.78, 5) is 0. The van der Waals surface area contributed by atoms with Crippen molar-refractivity contribution in [2.45, 2.75) is 24.5 Å². The summed E-state index contributed by atoms with van der Waals surface area (Å²) in [5.74, 6) is 0. The Hall–Kier alpha value is -0.630. The van der Waals surface area contributed by atoms with Gasteiger partial charge in [-0.25, -0.2) is 0 Å². The third-order valence-electron chi connectivity index (χ3n) is 2.70. The Kier molecular flexibility index (Phi) is 2.49. The molecule has 70 valence electrons. The molecule has 0 aromatic heterocycles. The zero-order chi connectivity index (χ0) is 9.26. The lowest BCUT2D eigenvalue weighted by Gasteiger charge is -2.21. The van der Waals surface area contributed by atoms with Gasteiger partial charge in [0.25, 0.3) is 0 Å². The first-order chi connectivity index (χ1) is 6.29. The van der Waals surface area contributed by atoms with Gasteiger partial charge in [0.2, 0.25) is 0 Å². The molecule has 0 fully saturated rings. The van der Waals surface area contributed by atoms with Gasteiger partial charge >= 0.3 is 0 Å². The first-order valence-corrected chi connectivity index (χ1v) is 5.29. The largest absolute Gasteiger partial charge is 0.388 e. The summed E-state index contributed by atoms with van der Waals surface area (Å²) in [7, 11) is 1.96. The molecule has 1 unspecified atom stereocenters. The van der Waals surface area contributed by atoms with Crippen molar-refractivity contribution in [2.75, 3.05) is 12.4 Å². The molecule has 0 amide bonds. The maximum absolute atomic E-state index is 4.53. The molecule has 1 aliphatic rings. The second-order valence-corrected chi connectivity index (χ2v) is 4.36. The topological polar surface area (TPSA) is 12.0 Å². The van der Waals surface area contributed by atoms with E-state index in [9.17, 15) is 0 Å². The van der Waals surface area contributed by atoms with Crippen molar-refractivity contribution in [1.82, 2.24) is 0 Å². The number of benzene rings is 1. The van der Waals surface area contributed by atoms with E-state index < -0.39 is 0 Å². The van der Waals surface area contributed by atoms with Crippen LogP contribution in [0.4, 0.5) is 5.69 Å². The van der Waals surface area contributed by atoms with E-state index in [-0.39, 0.29) is 0 Å². The average Bonchev–Trinajstić information content (AvgIpc) is 2.16. The summed E-state index contributed by atoms with van der Waals surface area (Å²) >= 11 is 4.53. The van der Waals surface area contributed by atoms with E-state index in [1.54, 1.807) is 0 Å². The van der Waals surface area contributed by atoms with Crippen molar-refractivity contribution in [2.24, 2.45) is 0 Å².